The lowest BCUT2D eigenvalue weighted by Crippen LogP contribution is -2.48. The number of aliphatic hydroxyl groups is 1. The molecule has 1 saturated heterocycles. The van der Waals surface area contributed by atoms with Crippen LogP contribution >= 0.6 is 0 Å². The Kier molecular flexibility index (Phi) is 6.11. The van der Waals surface area contributed by atoms with Crippen LogP contribution in [-0.2, 0) is 14.4 Å². The number of carbonyl (C=O) groups excluding carboxylic acids is 3. The lowest BCUT2D eigenvalue weighted by molar-refractivity contribution is -0.137. The average Bonchev–Trinajstić information content (AvgIpc) is 2.93. The summed E-state index contributed by atoms with van der Waals surface area (Å²) in [5.41, 5.74) is 2.16. The van der Waals surface area contributed by atoms with Gasteiger partial charge in [0.2, 0.25) is 5.91 Å². The molecule has 3 rings (SSSR count). The predicted molar refractivity (Wildman–Crippen MR) is 105 cm³/mol. The van der Waals surface area contributed by atoms with E-state index in [9.17, 15) is 14.4 Å². The van der Waals surface area contributed by atoms with E-state index >= 15 is 0 Å². The first-order valence-electron chi connectivity index (χ1n) is 9.53. The Hall–Kier alpha value is -2.71. The first-order chi connectivity index (χ1) is 13.5. The molecule has 1 aromatic rings. The van der Waals surface area contributed by atoms with Crippen molar-refractivity contribution in [1.82, 2.24) is 14.7 Å². The summed E-state index contributed by atoms with van der Waals surface area (Å²) < 4.78 is 0. The first-order valence-corrected chi connectivity index (χ1v) is 9.53. The summed E-state index contributed by atoms with van der Waals surface area (Å²) in [6.07, 6.45) is 0. The SMILES string of the molecule is CCN1C(=O)C(c2ccc(NC(C)=O)cc2)=C(N2CCN(CCO)CC2)C1=O. The molecule has 2 N–H and O–H groups in total. The van der Waals surface area contributed by atoms with Gasteiger partial charge in [0.1, 0.15) is 5.70 Å². The highest BCUT2D eigenvalue weighted by atomic mass is 16.3. The molecule has 0 saturated carbocycles. The molecule has 2 aliphatic heterocycles. The van der Waals surface area contributed by atoms with E-state index in [-0.39, 0.29) is 24.3 Å². The molecule has 0 radical (unpaired) electrons. The van der Waals surface area contributed by atoms with Crippen LogP contribution in [0.15, 0.2) is 30.0 Å². The summed E-state index contributed by atoms with van der Waals surface area (Å²) >= 11 is 0. The smallest absolute Gasteiger partial charge is 0.277 e. The molecule has 0 spiro atoms. The van der Waals surface area contributed by atoms with E-state index in [2.05, 4.69) is 10.2 Å². The highest BCUT2D eigenvalue weighted by Crippen LogP contribution is 2.32. The Morgan fingerprint density at radius 3 is 2.25 bits per heavy atom. The van der Waals surface area contributed by atoms with Crippen molar-refractivity contribution in [3.8, 4) is 0 Å². The average molecular weight is 386 g/mol. The van der Waals surface area contributed by atoms with Gasteiger partial charge >= 0.3 is 0 Å². The van der Waals surface area contributed by atoms with Crippen LogP contribution in [0.2, 0.25) is 0 Å². The molecule has 0 aliphatic carbocycles. The van der Waals surface area contributed by atoms with Crippen LogP contribution in [0.3, 0.4) is 0 Å². The molecule has 2 aliphatic rings. The minimum absolute atomic E-state index is 0.107. The van der Waals surface area contributed by atoms with Gasteiger partial charge in [0.25, 0.3) is 11.8 Å². The minimum atomic E-state index is -0.285. The highest BCUT2D eigenvalue weighted by Gasteiger charge is 2.41. The maximum atomic E-state index is 12.9. The third kappa shape index (κ3) is 3.93. The third-order valence-electron chi connectivity index (χ3n) is 5.06. The molecule has 0 bridgehead atoms. The molecule has 8 nitrogen and oxygen atoms in total. The van der Waals surface area contributed by atoms with Gasteiger partial charge in [-0.25, -0.2) is 0 Å². The van der Waals surface area contributed by atoms with Crippen LogP contribution in [0.1, 0.15) is 19.4 Å². The number of nitrogens with zero attached hydrogens (tertiary/aromatic N) is 3. The topological polar surface area (TPSA) is 93.2 Å². The summed E-state index contributed by atoms with van der Waals surface area (Å²) in [6.45, 7) is 6.96. The lowest BCUT2D eigenvalue weighted by Gasteiger charge is -2.36. The molecular formula is C20H26N4O4. The van der Waals surface area contributed by atoms with Gasteiger partial charge in [-0.05, 0) is 24.6 Å². The molecule has 8 heteroatoms. The fourth-order valence-electron chi connectivity index (χ4n) is 3.66. The summed E-state index contributed by atoms with van der Waals surface area (Å²) in [5.74, 6) is -0.714. The van der Waals surface area contributed by atoms with Gasteiger partial charge in [0, 0.05) is 51.9 Å². The second-order valence-electron chi connectivity index (χ2n) is 6.89. The van der Waals surface area contributed by atoms with Gasteiger partial charge in [-0.15, -0.1) is 0 Å². The maximum Gasteiger partial charge on any atom is 0.277 e. The van der Waals surface area contributed by atoms with Gasteiger partial charge in [-0.2, -0.15) is 0 Å². The zero-order valence-corrected chi connectivity index (χ0v) is 16.3. The van der Waals surface area contributed by atoms with Gasteiger partial charge in [0.05, 0.1) is 12.2 Å². The van der Waals surface area contributed by atoms with Crippen molar-refractivity contribution in [3.63, 3.8) is 0 Å². The monoisotopic (exact) mass is 386 g/mol. The first kappa shape index (κ1) is 20.0. The Bertz CT molecular complexity index is 795. The van der Waals surface area contributed by atoms with Gasteiger partial charge in [0.15, 0.2) is 0 Å². The normalized spacial score (nSPS) is 18.2. The van der Waals surface area contributed by atoms with Crippen LogP contribution in [0.5, 0.6) is 0 Å². The second-order valence-corrected chi connectivity index (χ2v) is 6.89. The third-order valence-corrected chi connectivity index (χ3v) is 5.06. The minimum Gasteiger partial charge on any atom is -0.395 e. The second kappa shape index (κ2) is 8.53. The van der Waals surface area contributed by atoms with Gasteiger partial charge < -0.3 is 15.3 Å². The van der Waals surface area contributed by atoms with Crippen LogP contribution in [0.4, 0.5) is 5.69 Å². The number of hydrogen-bond acceptors (Lipinski definition) is 6. The highest BCUT2D eigenvalue weighted by molar-refractivity contribution is 6.35. The molecule has 3 amide bonds. The van der Waals surface area contributed by atoms with Crippen molar-refractivity contribution in [2.75, 3.05) is 51.2 Å². The van der Waals surface area contributed by atoms with E-state index in [0.717, 1.165) is 13.1 Å². The van der Waals surface area contributed by atoms with E-state index < -0.39 is 0 Å². The molecule has 1 aromatic carbocycles. The van der Waals surface area contributed by atoms with Gasteiger partial charge in [-0.1, -0.05) is 12.1 Å². The van der Waals surface area contributed by atoms with E-state index in [0.29, 0.717) is 48.7 Å². The van der Waals surface area contributed by atoms with Crippen LogP contribution in [-0.4, -0.2) is 83.4 Å². The number of hydrogen-bond donors (Lipinski definition) is 2. The standard InChI is InChI=1S/C20H26N4O4/c1-3-24-19(27)17(15-4-6-16(7-5-15)21-14(2)26)18(20(24)28)23-10-8-22(9-11-23)12-13-25/h4-7,25H,3,8-13H2,1-2H3,(H,21,26). The summed E-state index contributed by atoms with van der Waals surface area (Å²) in [7, 11) is 0. The van der Waals surface area contributed by atoms with Crippen molar-refractivity contribution in [3.05, 3.63) is 35.5 Å². The largest absolute Gasteiger partial charge is 0.395 e. The summed E-state index contributed by atoms with van der Waals surface area (Å²) in [4.78, 5) is 42.5. The van der Waals surface area contributed by atoms with Crippen molar-refractivity contribution in [1.29, 1.82) is 0 Å². The fraction of sp³-hybridized carbons (Fsp3) is 0.450. The zero-order valence-electron chi connectivity index (χ0n) is 16.3. The Morgan fingerprint density at radius 1 is 1.07 bits per heavy atom. The van der Waals surface area contributed by atoms with E-state index in [4.69, 9.17) is 5.11 Å². The number of likely N-dealkylation sites (N-methyl/N-ethyl adjacent to an activating group) is 1. The van der Waals surface area contributed by atoms with E-state index in [1.54, 1.807) is 31.2 Å². The molecule has 2 heterocycles. The maximum absolute atomic E-state index is 12.9. The molecule has 0 atom stereocenters. The van der Waals surface area contributed by atoms with Crippen LogP contribution in [0, 0.1) is 0 Å². The summed E-state index contributed by atoms with van der Waals surface area (Å²) in [6, 6.07) is 6.97. The molecule has 28 heavy (non-hydrogen) atoms. The number of carbonyl (C=O) groups is 3. The number of benzene rings is 1. The quantitative estimate of drug-likeness (QED) is 0.686. The Labute approximate surface area is 164 Å². The molecule has 0 unspecified atom stereocenters. The Balaban J connectivity index is 1.92. The molecular weight excluding hydrogens is 360 g/mol. The number of anilines is 1. The number of piperazine rings is 1. The number of amides is 3. The Morgan fingerprint density at radius 2 is 1.71 bits per heavy atom. The van der Waals surface area contributed by atoms with E-state index in [1.165, 1.54) is 11.8 Å². The van der Waals surface area contributed by atoms with Crippen molar-refractivity contribution >= 4 is 29.0 Å². The number of aliphatic hydroxyl groups excluding tert-OH is 1. The molecule has 1 fully saturated rings. The number of nitrogens with one attached hydrogen (secondary N) is 1. The lowest BCUT2D eigenvalue weighted by atomic mass is 10.0. The van der Waals surface area contributed by atoms with Crippen molar-refractivity contribution in [2.24, 2.45) is 0 Å². The molecule has 0 aromatic heterocycles. The molecule has 150 valence electrons. The number of imide groups is 1. The van der Waals surface area contributed by atoms with Crippen molar-refractivity contribution < 1.29 is 19.5 Å². The fourth-order valence-corrected chi connectivity index (χ4v) is 3.66. The predicted octanol–water partition coefficient (Wildman–Crippen LogP) is 0.355. The van der Waals surface area contributed by atoms with E-state index in [1.807, 2.05) is 4.90 Å². The van der Waals surface area contributed by atoms with Crippen LogP contribution in [0.25, 0.3) is 5.57 Å². The summed E-state index contributed by atoms with van der Waals surface area (Å²) in [5, 5.41) is 11.8. The number of β-amino-alcohol motifs (C(OH)–C–C–N with tert-alkyl or cyclic N) is 1. The van der Waals surface area contributed by atoms with Crippen LogP contribution < -0.4 is 5.32 Å². The van der Waals surface area contributed by atoms with Gasteiger partial charge in [-0.3, -0.25) is 24.2 Å². The number of rotatable bonds is 6. The van der Waals surface area contributed by atoms with Crippen molar-refractivity contribution in [2.45, 2.75) is 13.8 Å². The zero-order chi connectivity index (χ0) is 20.3.